The lowest BCUT2D eigenvalue weighted by molar-refractivity contribution is -0.147. The SMILES string of the molecule is COC(=O)CN(C)C(=O)C(C)CN. The lowest BCUT2D eigenvalue weighted by Gasteiger charge is -2.18. The number of esters is 1. The number of carbonyl (C=O) groups is 2. The van der Waals surface area contributed by atoms with Crippen LogP contribution in [-0.2, 0) is 14.3 Å². The zero-order valence-electron chi connectivity index (χ0n) is 8.24. The molecular formula is C8H16N2O3. The minimum Gasteiger partial charge on any atom is -0.468 e. The molecule has 1 amide bonds. The fourth-order valence-electron chi connectivity index (χ4n) is 0.813. The third-order valence-electron chi connectivity index (χ3n) is 1.75. The van der Waals surface area contributed by atoms with E-state index < -0.39 is 5.97 Å². The summed E-state index contributed by atoms with van der Waals surface area (Å²) in [4.78, 5) is 23.5. The Labute approximate surface area is 77.8 Å². The van der Waals surface area contributed by atoms with Crippen LogP contribution in [0.2, 0.25) is 0 Å². The van der Waals surface area contributed by atoms with Crippen LogP contribution in [0.25, 0.3) is 0 Å². The highest BCUT2D eigenvalue weighted by Crippen LogP contribution is 1.98. The molecule has 0 radical (unpaired) electrons. The summed E-state index contributed by atoms with van der Waals surface area (Å²) in [5.74, 6) is -0.831. The van der Waals surface area contributed by atoms with Gasteiger partial charge in [0.25, 0.3) is 0 Å². The Morgan fingerprint density at radius 2 is 2.08 bits per heavy atom. The summed E-state index contributed by atoms with van der Waals surface area (Å²) in [7, 11) is 2.83. The third-order valence-corrected chi connectivity index (χ3v) is 1.75. The molecule has 0 aliphatic heterocycles. The van der Waals surface area contributed by atoms with Crippen LogP contribution in [0, 0.1) is 5.92 Å². The van der Waals surface area contributed by atoms with E-state index in [0.29, 0.717) is 0 Å². The highest BCUT2D eigenvalue weighted by atomic mass is 16.5. The van der Waals surface area contributed by atoms with Gasteiger partial charge >= 0.3 is 5.97 Å². The molecule has 0 aromatic rings. The molecule has 0 heterocycles. The standard InChI is InChI=1S/C8H16N2O3/c1-6(4-9)8(12)10(2)5-7(11)13-3/h6H,4-5,9H2,1-3H3. The van der Waals surface area contributed by atoms with E-state index in [9.17, 15) is 9.59 Å². The molecule has 0 saturated heterocycles. The molecule has 2 N–H and O–H groups in total. The highest BCUT2D eigenvalue weighted by molar-refractivity contribution is 5.83. The van der Waals surface area contributed by atoms with Crippen molar-refractivity contribution in [2.24, 2.45) is 11.7 Å². The number of rotatable bonds is 4. The quantitative estimate of drug-likeness (QED) is 0.587. The maximum absolute atomic E-state index is 11.4. The van der Waals surface area contributed by atoms with Crippen molar-refractivity contribution >= 4 is 11.9 Å². The predicted octanol–water partition coefficient (Wildman–Crippen LogP) is -0.787. The first-order chi connectivity index (χ1) is 6.02. The summed E-state index contributed by atoms with van der Waals surface area (Å²) in [5.41, 5.74) is 5.31. The second-order valence-electron chi connectivity index (χ2n) is 2.91. The molecule has 76 valence electrons. The largest absolute Gasteiger partial charge is 0.468 e. The Balaban J connectivity index is 4.03. The van der Waals surface area contributed by atoms with E-state index in [-0.39, 0.29) is 24.9 Å². The lowest BCUT2D eigenvalue weighted by Crippen LogP contribution is -2.38. The molecule has 0 rings (SSSR count). The molecule has 5 heteroatoms. The van der Waals surface area contributed by atoms with E-state index in [1.807, 2.05) is 0 Å². The van der Waals surface area contributed by atoms with E-state index in [2.05, 4.69) is 4.74 Å². The number of ether oxygens (including phenoxy) is 1. The van der Waals surface area contributed by atoms with Crippen molar-refractivity contribution in [1.29, 1.82) is 0 Å². The van der Waals surface area contributed by atoms with Gasteiger partial charge in [0.05, 0.1) is 7.11 Å². The molecule has 5 nitrogen and oxygen atoms in total. The Hall–Kier alpha value is -1.10. The van der Waals surface area contributed by atoms with E-state index in [1.165, 1.54) is 12.0 Å². The minimum absolute atomic E-state index is 0.0281. The third kappa shape index (κ3) is 3.89. The Morgan fingerprint density at radius 1 is 1.54 bits per heavy atom. The average molecular weight is 188 g/mol. The molecule has 1 atom stereocenters. The molecule has 1 unspecified atom stereocenters. The maximum Gasteiger partial charge on any atom is 0.325 e. The summed E-state index contributed by atoms with van der Waals surface area (Å²) in [6.45, 7) is 1.97. The lowest BCUT2D eigenvalue weighted by atomic mass is 10.1. The van der Waals surface area contributed by atoms with Gasteiger partial charge in [-0.3, -0.25) is 9.59 Å². The normalized spacial score (nSPS) is 12.0. The van der Waals surface area contributed by atoms with Crippen LogP contribution >= 0.6 is 0 Å². The predicted molar refractivity (Wildman–Crippen MR) is 47.9 cm³/mol. The van der Waals surface area contributed by atoms with E-state index in [1.54, 1.807) is 14.0 Å². The zero-order valence-corrected chi connectivity index (χ0v) is 8.24. The van der Waals surface area contributed by atoms with Gasteiger partial charge in [-0.1, -0.05) is 6.92 Å². The number of likely N-dealkylation sites (N-methyl/N-ethyl adjacent to an activating group) is 1. The Kier molecular flexibility index (Phi) is 5.06. The minimum atomic E-state index is -0.430. The fourth-order valence-corrected chi connectivity index (χ4v) is 0.813. The van der Waals surface area contributed by atoms with Crippen LogP contribution in [0.4, 0.5) is 0 Å². The maximum atomic E-state index is 11.4. The molecule has 0 aromatic heterocycles. The van der Waals surface area contributed by atoms with Crippen molar-refractivity contribution in [2.45, 2.75) is 6.92 Å². The van der Waals surface area contributed by atoms with Gasteiger partial charge in [0.1, 0.15) is 6.54 Å². The van der Waals surface area contributed by atoms with Crippen molar-refractivity contribution in [3.8, 4) is 0 Å². The van der Waals surface area contributed by atoms with Crippen molar-refractivity contribution in [2.75, 3.05) is 27.2 Å². The van der Waals surface area contributed by atoms with Crippen molar-refractivity contribution in [3.05, 3.63) is 0 Å². The van der Waals surface area contributed by atoms with Gasteiger partial charge in [-0.2, -0.15) is 0 Å². The fraction of sp³-hybridized carbons (Fsp3) is 0.750. The summed E-state index contributed by atoms with van der Waals surface area (Å²) >= 11 is 0. The molecule has 0 aliphatic rings. The Morgan fingerprint density at radius 3 is 2.46 bits per heavy atom. The van der Waals surface area contributed by atoms with Crippen LogP contribution in [0.15, 0.2) is 0 Å². The smallest absolute Gasteiger partial charge is 0.325 e. The Bertz CT molecular complexity index is 194. The first kappa shape index (κ1) is 11.9. The first-order valence-corrected chi connectivity index (χ1v) is 4.04. The number of hydrogen-bond acceptors (Lipinski definition) is 4. The van der Waals surface area contributed by atoms with E-state index in [4.69, 9.17) is 5.73 Å². The highest BCUT2D eigenvalue weighted by Gasteiger charge is 2.17. The summed E-state index contributed by atoms with van der Waals surface area (Å²) in [6, 6.07) is 0. The summed E-state index contributed by atoms with van der Waals surface area (Å²) in [5, 5.41) is 0. The van der Waals surface area contributed by atoms with Crippen molar-refractivity contribution in [3.63, 3.8) is 0 Å². The molecule has 13 heavy (non-hydrogen) atoms. The van der Waals surface area contributed by atoms with Gasteiger partial charge in [-0.25, -0.2) is 0 Å². The number of amides is 1. The molecule has 0 spiro atoms. The number of nitrogens with two attached hydrogens (primary N) is 1. The van der Waals surface area contributed by atoms with E-state index in [0.717, 1.165) is 0 Å². The zero-order chi connectivity index (χ0) is 10.4. The molecule has 0 aromatic carbocycles. The van der Waals surface area contributed by atoms with E-state index >= 15 is 0 Å². The monoisotopic (exact) mass is 188 g/mol. The first-order valence-electron chi connectivity index (χ1n) is 4.04. The number of nitrogens with zero attached hydrogens (tertiary/aromatic N) is 1. The number of hydrogen-bond donors (Lipinski definition) is 1. The van der Waals surface area contributed by atoms with Crippen molar-refractivity contribution in [1.82, 2.24) is 4.90 Å². The van der Waals surface area contributed by atoms with Crippen molar-refractivity contribution < 1.29 is 14.3 Å². The molecule has 0 saturated carbocycles. The van der Waals surface area contributed by atoms with Gasteiger partial charge in [-0.15, -0.1) is 0 Å². The van der Waals surface area contributed by atoms with Crippen LogP contribution in [0.3, 0.4) is 0 Å². The van der Waals surface area contributed by atoms with Gasteiger partial charge in [0.15, 0.2) is 0 Å². The van der Waals surface area contributed by atoms with Gasteiger partial charge in [0.2, 0.25) is 5.91 Å². The molecular weight excluding hydrogens is 172 g/mol. The number of carbonyl (C=O) groups excluding carboxylic acids is 2. The van der Waals surface area contributed by atoms with Gasteiger partial charge in [0, 0.05) is 19.5 Å². The summed E-state index contributed by atoms with van der Waals surface area (Å²) in [6.07, 6.45) is 0. The summed E-state index contributed by atoms with van der Waals surface area (Å²) < 4.78 is 4.42. The van der Waals surface area contributed by atoms with Crippen LogP contribution in [0.5, 0.6) is 0 Å². The van der Waals surface area contributed by atoms with Crippen LogP contribution in [0.1, 0.15) is 6.92 Å². The van der Waals surface area contributed by atoms with Gasteiger partial charge in [-0.05, 0) is 0 Å². The molecule has 0 bridgehead atoms. The average Bonchev–Trinajstić information content (AvgIpc) is 2.14. The number of methoxy groups -OCH3 is 1. The second kappa shape index (κ2) is 5.53. The molecule has 0 aliphatic carbocycles. The molecule has 0 fully saturated rings. The second-order valence-corrected chi connectivity index (χ2v) is 2.91. The van der Waals surface area contributed by atoms with Gasteiger partial charge < -0.3 is 15.4 Å². The topological polar surface area (TPSA) is 72.6 Å². The van der Waals surface area contributed by atoms with Crippen LogP contribution < -0.4 is 5.73 Å². The van der Waals surface area contributed by atoms with Crippen LogP contribution in [-0.4, -0.2) is 44.0 Å².